The fourth-order valence-electron chi connectivity index (χ4n) is 2.19. The molecule has 1 N–H and O–H groups in total. The largest absolute Gasteiger partial charge is 0.343 e. The van der Waals surface area contributed by atoms with E-state index >= 15 is 0 Å². The Morgan fingerprint density at radius 3 is 2.82 bits per heavy atom. The van der Waals surface area contributed by atoms with Crippen molar-refractivity contribution in [3.8, 4) is 0 Å². The number of hydrogen-bond acceptors (Lipinski definition) is 4. The summed E-state index contributed by atoms with van der Waals surface area (Å²) in [6.07, 6.45) is 7.68. The first kappa shape index (κ1) is 12.6. The maximum absolute atomic E-state index is 4.72. The number of rotatable bonds is 8. The van der Waals surface area contributed by atoms with Crippen molar-refractivity contribution in [3.63, 3.8) is 0 Å². The molecular weight excluding hydrogens is 214 g/mol. The summed E-state index contributed by atoms with van der Waals surface area (Å²) in [5, 5.41) is 7.48. The van der Waals surface area contributed by atoms with E-state index in [1.165, 1.54) is 32.1 Å². The van der Waals surface area contributed by atoms with Crippen LogP contribution in [-0.2, 0) is 6.42 Å². The zero-order valence-electron chi connectivity index (χ0n) is 10.9. The third-order valence-corrected chi connectivity index (χ3v) is 3.41. The predicted octanol–water partition coefficient (Wildman–Crippen LogP) is 2.42. The topological polar surface area (TPSA) is 51.0 Å². The number of aromatic nitrogens is 2. The molecule has 0 bridgehead atoms. The maximum atomic E-state index is 4.72. The minimum absolute atomic E-state index is 0.698. The van der Waals surface area contributed by atoms with Crippen LogP contribution >= 0.6 is 0 Å². The standard InChI is InChI=1S/C13H23N3O/c1-10(2)3-6-12(11-4-5-11)14-8-7-13-15-9-17-16-13/h9-12,14H,3-8H2,1-2H3. The molecule has 0 spiro atoms. The van der Waals surface area contributed by atoms with Crippen molar-refractivity contribution in [1.29, 1.82) is 0 Å². The molecule has 4 heteroatoms. The average molecular weight is 237 g/mol. The van der Waals surface area contributed by atoms with E-state index in [9.17, 15) is 0 Å². The van der Waals surface area contributed by atoms with Crippen LogP contribution in [-0.4, -0.2) is 22.7 Å². The highest BCUT2D eigenvalue weighted by atomic mass is 16.5. The van der Waals surface area contributed by atoms with Crippen molar-refractivity contribution in [3.05, 3.63) is 12.2 Å². The van der Waals surface area contributed by atoms with E-state index in [1.54, 1.807) is 0 Å². The molecule has 0 aromatic carbocycles. The van der Waals surface area contributed by atoms with Crippen LogP contribution in [0.1, 0.15) is 45.4 Å². The van der Waals surface area contributed by atoms with Gasteiger partial charge in [0.1, 0.15) is 0 Å². The van der Waals surface area contributed by atoms with Crippen LogP contribution < -0.4 is 5.32 Å². The van der Waals surface area contributed by atoms with Crippen LogP contribution in [0.2, 0.25) is 0 Å². The Morgan fingerprint density at radius 2 is 2.24 bits per heavy atom. The molecule has 1 unspecified atom stereocenters. The normalized spacial score (nSPS) is 17.6. The van der Waals surface area contributed by atoms with Crippen molar-refractivity contribution >= 4 is 0 Å². The number of hydrogen-bond donors (Lipinski definition) is 1. The van der Waals surface area contributed by atoms with Gasteiger partial charge < -0.3 is 9.84 Å². The fraction of sp³-hybridized carbons (Fsp3) is 0.846. The summed E-state index contributed by atoms with van der Waals surface area (Å²) < 4.78 is 4.72. The van der Waals surface area contributed by atoms with Gasteiger partial charge in [0.2, 0.25) is 6.39 Å². The molecule has 1 fully saturated rings. The molecule has 0 saturated heterocycles. The highest BCUT2D eigenvalue weighted by Crippen LogP contribution is 2.34. The maximum Gasteiger partial charge on any atom is 0.213 e. The Morgan fingerprint density at radius 1 is 1.41 bits per heavy atom. The van der Waals surface area contributed by atoms with E-state index in [2.05, 4.69) is 29.3 Å². The van der Waals surface area contributed by atoms with Crippen LogP contribution in [0, 0.1) is 11.8 Å². The Balaban J connectivity index is 1.66. The van der Waals surface area contributed by atoms with Gasteiger partial charge in [-0.15, -0.1) is 0 Å². The highest BCUT2D eigenvalue weighted by molar-refractivity contribution is 4.88. The van der Waals surface area contributed by atoms with Crippen LogP contribution in [0.3, 0.4) is 0 Å². The van der Waals surface area contributed by atoms with E-state index in [-0.39, 0.29) is 0 Å². The first-order chi connectivity index (χ1) is 8.25. The second-order valence-electron chi connectivity index (χ2n) is 5.47. The van der Waals surface area contributed by atoms with Crippen molar-refractivity contribution < 1.29 is 4.52 Å². The third kappa shape index (κ3) is 4.46. The van der Waals surface area contributed by atoms with Gasteiger partial charge >= 0.3 is 0 Å². The van der Waals surface area contributed by atoms with Gasteiger partial charge in [0.15, 0.2) is 5.82 Å². The quantitative estimate of drug-likeness (QED) is 0.754. The molecule has 1 aromatic rings. The van der Waals surface area contributed by atoms with E-state index < -0.39 is 0 Å². The lowest BCUT2D eigenvalue weighted by Gasteiger charge is -2.18. The van der Waals surface area contributed by atoms with Gasteiger partial charge in [-0.05, 0) is 37.5 Å². The lowest BCUT2D eigenvalue weighted by molar-refractivity contribution is 0.389. The molecule has 1 aliphatic rings. The molecule has 0 aliphatic heterocycles. The number of nitrogens with zero attached hydrogens (tertiary/aromatic N) is 2. The van der Waals surface area contributed by atoms with Crippen LogP contribution in [0.15, 0.2) is 10.9 Å². The molecule has 17 heavy (non-hydrogen) atoms. The first-order valence-corrected chi connectivity index (χ1v) is 6.74. The Bertz CT molecular complexity index is 306. The predicted molar refractivity (Wildman–Crippen MR) is 66.6 cm³/mol. The van der Waals surface area contributed by atoms with Crippen LogP contribution in [0.25, 0.3) is 0 Å². The zero-order chi connectivity index (χ0) is 12.1. The summed E-state index contributed by atoms with van der Waals surface area (Å²) in [4.78, 5) is 4.03. The number of nitrogens with one attached hydrogen (secondary N) is 1. The second kappa shape index (κ2) is 6.15. The van der Waals surface area contributed by atoms with E-state index in [0.717, 1.165) is 30.6 Å². The summed E-state index contributed by atoms with van der Waals surface area (Å²) >= 11 is 0. The van der Waals surface area contributed by atoms with Gasteiger partial charge in [-0.1, -0.05) is 19.0 Å². The molecule has 0 radical (unpaired) electrons. The second-order valence-corrected chi connectivity index (χ2v) is 5.47. The van der Waals surface area contributed by atoms with Crippen molar-refractivity contribution in [2.24, 2.45) is 11.8 Å². The highest BCUT2D eigenvalue weighted by Gasteiger charge is 2.30. The molecule has 1 saturated carbocycles. The molecular formula is C13H23N3O. The third-order valence-electron chi connectivity index (χ3n) is 3.41. The fourth-order valence-corrected chi connectivity index (χ4v) is 2.19. The van der Waals surface area contributed by atoms with Gasteiger partial charge in [-0.25, -0.2) is 0 Å². The average Bonchev–Trinajstić information content (AvgIpc) is 3.00. The summed E-state index contributed by atoms with van der Waals surface area (Å²) in [6.45, 7) is 5.55. The molecule has 0 amide bonds. The SMILES string of the molecule is CC(C)CCC(NCCc1ncon1)C1CC1. The Hall–Kier alpha value is -0.900. The summed E-state index contributed by atoms with van der Waals surface area (Å²) in [7, 11) is 0. The molecule has 2 rings (SSSR count). The smallest absolute Gasteiger partial charge is 0.213 e. The lowest BCUT2D eigenvalue weighted by Crippen LogP contribution is -2.33. The van der Waals surface area contributed by atoms with Gasteiger partial charge in [-0.2, -0.15) is 4.98 Å². The monoisotopic (exact) mass is 237 g/mol. The molecule has 1 heterocycles. The lowest BCUT2D eigenvalue weighted by atomic mass is 10.0. The summed E-state index contributed by atoms with van der Waals surface area (Å²) in [6, 6.07) is 0.698. The van der Waals surface area contributed by atoms with E-state index in [1.807, 2.05) is 0 Å². The van der Waals surface area contributed by atoms with E-state index in [0.29, 0.717) is 6.04 Å². The molecule has 1 aliphatic carbocycles. The Labute approximate surface area is 103 Å². The minimum atomic E-state index is 0.698. The summed E-state index contributed by atoms with van der Waals surface area (Å²) in [5.74, 6) is 2.52. The molecule has 1 aromatic heterocycles. The van der Waals surface area contributed by atoms with Gasteiger partial charge in [-0.3, -0.25) is 0 Å². The zero-order valence-corrected chi connectivity index (χ0v) is 10.9. The minimum Gasteiger partial charge on any atom is -0.343 e. The van der Waals surface area contributed by atoms with Crippen molar-refractivity contribution in [2.75, 3.05) is 6.54 Å². The van der Waals surface area contributed by atoms with Crippen LogP contribution in [0.4, 0.5) is 0 Å². The van der Waals surface area contributed by atoms with Crippen molar-refractivity contribution in [1.82, 2.24) is 15.5 Å². The molecule has 96 valence electrons. The summed E-state index contributed by atoms with van der Waals surface area (Å²) in [5.41, 5.74) is 0. The Kier molecular flexibility index (Phi) is 4.54. The van der Waals surface area contributed by atoms with Gasteiger partial charge in [0.25, 0.3) is 0 Å². The van der Waals surface area contributed by atoms with E-state index in [4.69, 9.17) is 4.52 Å². The van der Waals surface area contributed by atoms with Crippen molar-refractivity contribution in [2.45, 2.75) is 52.0 Å². The first-order valence-electron chi connectivity index (χ1n) is 6.74. The van der Waals surface area contributed by atoms with Gasteiger partial charge in [0.05, 0.1) is 0 Å². The van der Waals surface area contributed by atoms with Gasteiger partial charge in [0, 0.05) is 19.0 Å². The van der Waals surface area contributed by atoms with Crippen LogP contribution in [0.5, 0.6) is 0 Å². The molecule has 1 atom stereocenters. The molecule has 4 nitrogen and oxygen atoms in total.